The quantitative estimate of drug-likeness (QED) is 0.371. The number of benzene rings is 4. The first-order chi connectivity index (χ1) is 13.7. The third kappa shape index (κ3) is 1.81. The Morgan fingerprint density at radius 2 is 1.39 bits per heavy atom. The fourth-order valence-corrected chi connectivity index (χ4v) is 7.85. The van der Waals surface area contributed by atoms with Crippen LogP contribution in [0.5, 0.6) is 0 Å². The van der Waals surface area contributed by atoms with Crippen LogP contribution in [0.1, 0.15) is 0 Å². The molecule has 0 N–H and O–H groups in total. The summed E-state index contributed by atoms with van der Waals surface area (Å²) in [7, 11) is -0.773. The second-order valence-electron chi connectivity index (χ2n) is 7.39. The van der Waals surface area contributed by atoms with Crippen LogP contribution in [0.4, 0.5) is 0 Å². The number of aromatic nitrogens is 1. The molecular weight excluding hydrogens is 361 g/mol. The highest BCUT2D eigenvalue weighted by Gasteiger charge is 2.41. The normalized spacial score (nSPS) is 17.8. The molecule has 1 unspecified atom stereocenters. The van der Waals surface area contributed by atoms with Gasteiger partial charge in [-0.05, 0) is 17.7 Å². The molecule has 0 saturated carbocycles. The van der Waals surface area contributed by atoms with Gasteiger partial charge in [-0.3, -0.25) is 0 Å². The zero-order valence-electron chi connectivity index (χ0n) is 15.5. The molecule has 0 spiro atoms. The smallest absolute Gasteiger partial charge is 0.172 e. The third-order valence-electron chi connectivity index (χ3n) is 6.02. The van der Waals surface area contributed by atoms with E-state index in [1.165, 1.54) is 21.8 Å². The molecule has 4 aromatic carbocycles. The van der Waals surface area contributed by atoms with E-state index in [0.717, 1.165) is 27.0 Å². The molecule has 2 nitrogen and oxygen atoms in total. The summed E-state index contributed by atoms with van der Waals surface area (Å²) in [5.41, 5.74) is 4.59. The number of nitrogens with zero attached hydrogens (tertiary/aromatic N) is 1. The van der Waals surface area contributed by atoms with Crippen molar-refractivity contribution in [3.05, 3.63) is 91.0 Å². The minimum absolute atomic E-state index is 0.902. The maximum absolute atomic E-state index is 14.6. The van der Waals surface area contributed by atoms with Crippen molar-refractivity contribution in [2.24, 2.45) is 7.05 Å². The van der Waals surface area contributed by atoms with Gasteiger partial charge in [0.05, 0.1) is 5.52 Å². The molecule has 0 aliphatic carbocycles. The molecule has 0 bridgehead atoms. The minimum Gasteiger partial charge on any atom is -0.343 e. The van der Waals surface area contributed by atoms with Gasteiger partial charge in [-0.25, -0.2) is 0 Å². The maximum atomic E-state index is 14.6. The fourth-order valence-electron chi connectivity index (χ4n) is 4.79. The van der Waals surface area contributed by atoms with Crippen LogP contribution in [0.15, 0.2) is 91.0 Å². The van der Waals surface area contributed by atoms with Crippen molar-refractivity contribution in [1.82, 2.24) is 4.57 Å². The van der Waals surface area contributed by atoms with Crippen molar-refractivity contribution in [2.75, 3.05) is 0 Å². The molecule has 0 amide bonds. The predicted octanol–water partition coefficient (Wildman–Crippen LogP) is 4.95. The lowest BCUT2D eigenvalue weighted by Crippen LogP contribution is -2.20. The summed E-state index contributed by atoms with van der Waals surface area (Å²) in [6.45, 7) is 0. The van der Waals surface area contributed by atoms with Crippen LogP contribution >= 0.6 is 7.14 Å². The standard InChI is InChI=1S/C25H18NOP/c1-26-21-13-7-5-11-18(21)19-15-16-23-24(25(19)26)20-12-6-8-14-22(20)28(23,27)17-9-3-2-4-10-17/h2-16H,1H3. The predicted molar refractivity (Wildman–Crippen MR) is 119 cm³/mol. The van der Waals surface area contributed by atoms with E-state index >= 15 is 0 Å². The lowest BCUT2D eigenvalue weighted by atomic mass is 10.0. The van der Waals surface area contributed by atoms with Crippen LogP contribution in [-0.2, 0) is 11.6 Å². The molecule has 1 aliphatic heterocycles. The van der Waals surface area contributed by atoms with E-state index in [0.29, 0.717) is 0 Å². The van der Waals surface area contributed by atoms with Crippen molar-refractivity contribution in [2.45, 2.75) is 0 Å². The van der Waals surface area contributed by atoms with Crippen LogP contribution in [-0.4, -0.2) is 4.57 Å². The number of para-hydroxylation sites is 1. The molecule has 1 aliphatic rings. The number of aryl methyl sites for hydroxylation is 1. The van der Waals surface area contributed by atoms with Crippen LogP contribution in [0.2, 0.25) is 0 Å². The van der Waals surface area contributed by atoms with Crippen molar-refractivity contribution < 1.29 is 4.57 Å². The molecule has 0 saturated heterocycles. The maximum Gasteiger partial charge on any atom is 0.172 e. The number of rotatable bonds is 1. The van der Waals surface area contributed by atoms with Gasteiger partial charge < -0.3 is 9.13 Å². The van der Waals surface area contributed by atoms with Gasteiger partial charge >= 0.3 is 0 Å². The molecule has 0 radical (unpaired) electrons. The summed E-state index contributed by atoms with van der Waals surface area (Å²) in [5.74, 6) is 0. The van der Waals surface area contributed by atoms with Gasteiger partial charge in [0, 0.05) is 44.8 Å². The number of hydrogen-bond acceptors (Lipinski definition) is 1. The molecule has 5 aromatic rings. The van der Waals surface area contributed by atoms with Crippen molar-refractivity contribution in [3.8, 4) is 11.1 Å². The van der Waals surface area contributed by atoms with E-state index in [1.54, 1.807) is 0 Å². The van der Waals surface area contributed by atoms with Crippen molar-refractivity contribution >= 4 is 44.9 Å². The third-order valence-corrected chi connectivity index (χ3v) is 9.16. The molecule has 6 rings (SSSR count). The Kier molecular flexibility index (Phi) is 3.11. The summed E-state index contributed by atoms with van der Waals surface area (Å²) >= 11 is 0. The van der Waals surface area contributed by atoms with Gasteiger partial charge in [0.2, 0.25) is 0 Å². The lowest BCUT2D eigenvalue weighted by Gasteiger charge is -2.15. The van der Waals surface area contributed by atoms with E-state index in [2.05, 4.69) is 54.1 Å². The summed E-state index contributed by atoms with van der Waals surface area (Å²) in [4.78, 5) is 0. The van der Waals surface area contributed by atoms with E-state index < -0.39 is 7.14 Å². The van der Waals surface area contributed by atoms with E-state index in [9.17, 15) is 4.57 Å². The Morgan fingerprint density at radius 3 is 2.25 bits per heavy atom. The summed E-state index contributed by atoms with van der Waals surface area (Å²) in [6, 6.07) is 30.9. The largest absolute Gasteiger partial charge is 0.343 e. The van der Waals surface area contributed by atoms with Crippen LogP contribution in [0, 0.1) is 0 Å². The monoisotopic (exact) mass is 379 g/mol. The molecule has 0 fully saturated rings. The van der Waals surface area contributed by atoms with E-state index in [1.807, 2.05) is 48.5 Å². The highest BCUT2D eigenvalue weighted by molar-refractivity contribution is 7.86. The Morgan fingerprint density at radius 1 is 0.679 bits per heavy atom. The Labute approximate surface area is 163 Å². The Bertz CT molecular complexity index is 1450. The highest BCUT2D eigenvalue weighted by atomic mass is 31.2. The second-order valence-corrected chi connectivity index (χ2v) is 10.1. The Hall–Kier alpha value is -3.09. The van der Waals surface area contributed by atoms with Gasteiger partial charge in [0.1, 0.15) is 0 Å². The lowest BCUT2D eigenvalue weighted by molar-refractivity contribution is 0.593. The molecule has 28 heavy (non-hydrogen) atoms. The molecule has 1 aromatic heterocycles. The number of hydrogen-bond donors (Lipinski definition) is 0. The molecule has 134 valence electrons. The van der Waals surface area contributed by atoms with Gasteiger partial charge in [0.25, 0.3) is 0 Å². The summed E-state index contributed by atoms with van der Waals surface area (Å²) in [6.07, 6.45) is 0. The average molecular weight is 379 g/mol. The van der Waals surface area contributed by atoms with Crippen LogP contribution in [0.3, 0.4) is 0 Å². The molecule has 1 atom stereocenters. The SMILES string of the molecule is Cn1c2ccccc2c2ccc3c(c21)-c1ccccc1P3(=O)c1ccccc1. The zero-order chi connectivity index (χ0) is 18.9. The number of fused-ring (bicyclic) bond motifs is 7. The van der Waals surface area contributed by atoms with E-state index in [-0.39, 0.29) is 0 Å². The minimum atomic E-state index is -2.88. The zero-order valence-corrected chi connectivity index (χ0v) is 16.4. The van der Waals surface area contributed by atoms with Gasteiger partial charge in [-0.1, -0.05) is 78.9 Å². The van der Waals surface area contributed by atoms with Crippen LogP contribution < -0.4 is 15.9 Å². The van der Waals surface area contributed by atoms with E-state index in [4.69, 9.17) is 0 Å². The Balaban J connectivity index is 1.84. The van der Waals surface area contributed by atoms with Gasteiger partial charge in [-0.15, -0.1) is 0 Å². The van der Waals surface area contributed by atoms with Crippen molar-refractivity contribution in [3.63, 3.8) is 0 Å². The highest BCUT2D eigenvalue weighted by Crippen LogP contribution is 2.54. The first kappa shape index (κ1) is 15.9. The molecule has 3 heteroatoms. The second kappa shape index (κ2) is 5.47. The van der Waals surface area contributed by atoms with Crippen molar-refractivity contribution in [1.29, 1.82) is 0 Å². The topological polar surface area (TPSA) is 22.0 Å². The molecule has 2 heterocycles. The van der Waals surface area contributed by atoms with Gasteiger partial charge in [0.15, 0.2) is 7.14 Å². The summed E-state index contributed by atoms with van der Waals surface area (Å²) < 4.78 is 16.9. The molecular formula is C25H18NOP. The first-order valence-corrected chi connectivity index (χ1v) is 11.2. The van der Waals surface area contributed by atoms with Gasteiger partial charge in [-0.2, -0.15) is 0 Å². The average Bonchev–Trinajstić information content (AvgIpc) is 3.20. The first-order valence-electron chi connectivity index (χ1n) is 9.47. The summed E-state index contributed by atoms with van der Waals surface area (Å²) in [5, 5.41) is 5.27. The fraction of sp³-hybridized carbons (Fsp3) is 0.0400. The van der Waals surface area contributed by atoms with Crippen LogP contribution in [0.25, 0.3) is 32.9 Å².